The molecule has 6 heteroatoms. The minimum atomic E-state index is 0.0386. The Morgan fingerprint density at radius 1 is 1.38 bits per heavy atom. The van der Waals surface area contributed by atoms with Gasteiger partial charge in [0.15, 0.2) is 0 Å². The normalized spacial score (nSPS) is 17.1. The number of nitriles is 1. The number of nitrogens with two attached hydrogens (primary N) is 1. The van der Waals surface area contributed by atoms with Crippen molar-refractivity contribution in [3.8, 4) is 6.07 Å². The van der Waals surface area contributed by atoms with Gasteiger partial charge in [-0.1, -0.05) is 23.7 Å². The number of amides is 1. The number of rotatable bonds is 4. The van der Waals surface area contributed by atoms with Crippen LogP contribution < -0.4 is 5.73 Å². The van der Waals surface area contributed by atoms with Crippen molar-refractivity contribution in [3.05, 3.63) is 52.3 Å². The number of likely N-dealkylation sites (tertiary alicyclic amines) is 1. The standard InChI is InChI=1S/C20H23ClN4O/c1-14-5-2-3-8-24(14)20(26)13-25-17(12-22)11-18(23)19(25)10-15-6-4-7-16(21)9-15/h4,6-7,9,11,14H,2-3,5,8,10,13,23H2,1H3/t14-/m0/s1. The Labute approximate surface area is 159 Å². The predicted octanol–water partition coefficient (Wildman–Crippen LogP) is 3.59. The maximum absolute atomic E-state index is 12.8. The Morgan fingerprint density at radius 2 is 2.19 bits per heavy atom. The lowest BCUT2D eigenvalue weighted by Gasteiger charge is -2.33. The molecule has 1 aliphatic heterocycles. The van der Waals surface area contributed by atoms with Gasteiger partial charge in [0.05, 0.1) is 5.69 Å². The summed E-state index contributed by atoms with van der Waals surface area (Å²) in [5, 5.41) is 10.1. The molecule has 0 unspecified atom stereocenters. The van der Waals surface area contributed by atoms with E-state index in [-0.39, 0.29) is 18.5 Å². The molecule has 0 spiro atoms. The van der Waals surface area contributed by atoms with Crippen LogP contribution in [0.2, 0.25) is 5.02 Å². The van der Waals surface area contributed by atoms with Gasteiger partial charge in [0.1, 0.15) is 18.3 Å². The molecule has 2 N–H and O–H groups in total. The van der Waals surface area contributed by atoms with Crippen molar-refractivity contribution in [3.63, 3.8) is 0 Å². The molecule has 2 aromatic rings. The van der Waals surface area contributed by atoms with Crippen LogP contribution in [0.15, 0.2) is 30.3 Å². The zero-order chi connectivity index (χ0) is 18.7. The number of nitrogens with zero attached hydrogens (tertiary/aromatic N) is 3. The molecule has 1 atom stereocenters. The Balaban J connectivity index is 1.88. The van der Waals surface area contributed by atoms with Crippen molar-refractivity contribution in [2.75, 3.05) is 12.3 Å². The number of carbonyl (C=O) groups excluding carboxylic acids is 1. The van der Waals surface area contributed by atoms with Crippen molar-refractivity contribution >= 4 is 23.2 Å². The highest BCUT2D eigenvalue weighted by molar-refractivity contribution is 6.30. The van der Waals surface area contributed by atoms with Gasteiger partial charge in [-0.05, 0) is 49.9 Å². The third kappa shape index (κ3) is 3.86. The summed E-state index contributed by atoms with van der Waals surface area (Å²) in [6.45, 7) is 3.00. The first-order chi connectivity index (χ1) is 12.5. The number of aromatic nitrogens is 1. The highest BCUT2D eigenvalue weighted by atomic mass is 35.5. The first-order valence-electron chi connectivity index (χ1n) is 8.91. The fourth-order valence-electron chi connectivity index (χ4n) is 3.62. The van der Waals surface area contributed by atoms with Crippen LogP contribution >= 0.6 is 11.6 Å². The van der Waals surface area contributed by atoms with Crippen LogP contribution in [0, 0.1) is 11.3 Å². The lowest BCUT2D eigenvalue weighted by Crippen LogP contribution is -2.43. The molecule has 3 rings (SSSR count). The van der Waals surface area contributed by atoms with Crippen molar-refractivity contribution in [1.29, 1.82) is 5.26 Å². The monoisotopic (exact) mass is 370 g/mol. The summed E-state index contributed by atoms with van der Waals surface area (Å²) in [6, 6.07) is 11.6. The third-order valence-electron chi connectivity index (χ3n) is 5.03. The molecule has 1 amide bonds. The molecule has 0 bridgehead atoms. The highest BCUT2D eigenvalue weighted by Crippen LogP contribution is 2.24. The fraction of sp³-hybridized carbons (Fsp3) is 0.400. The summed E-state index contributed by atoms with van der Waals surface area (Å²) in [5.41, 5.74) is 8.87. The van der Waals surface area contributed by atoms with E-state index in [0.29, 0.717) is 22.8 Å². The number of anilines is 1. The van der Waals surface area contributed by atoms with Gasteiger partial charge >= 0.3 is 0 Å². The summed E-state index contributed by atoms with van der Waals surface area (Å²) in [6.07, 6.45) is 3.74. The van der Waals surface area contributed by atoms with Crippen molar-refractivity contribution in [2.45, 2.75) is 45.2 Å². The number of piperidine rings is 1. The van der Waals surface area contributed by atoms with Gasteiger partial charge in [0.2, 0.25) is 5.91 Å². The highest BCUT2D eigenvalue weighted by Gasteiger charge is 2.25. The van der Waals surface area contributed by atoms with Gasteiger partial charge in [0.25, 0.3) is 0 Å². The summed E-state index contributed by atoms with van der Waals surface area (Å²) < 4.78 is 1.75. The summed E-state index contributed by atoms with van der Waals surface area (Å²) in [4.78, 5) is 14.8. The maximum atomic E-state index is 12.8. The third-order valence-corrected chi connectivity index (χ3v) is 5.27. The Kier molecular flexibility index (Phi) is 5.53. The van der Waals surface area contributed by atoms with Crippen LogP contribution in [0.3, 0.4) is 0 Å². The molecule has 1 saturated heterocycles. The summed E-state index contributed by atoms with van der Waals surface area (Å²) in [7, 11) is 0. The number of nitrogen functional groups attached to an aromatic ring is 1. The molecular weight excluding hydrogens is 348 g/mol. The molecule has 1 aromatic carbocycles. The molecule has 1 aromatic heterocycles. The molecule has 136 valence electrons. The SMILES string of the molecule is C[C@H]1CCCCN1C(=O)Cn1c(C#N)cc(N)c1Cc1cccc(Cl)c1. The molecule has 1 aliphatic rings. The number of hydrogen-bond acceptors (Lipinski definition) is 3. The lowest BCUT2D eigenvalue weighted by molar-refractivity contribution is -0.135. The van der Waals surface area contributed by atoms with E-state index in [4.69, 9.17) is 17.3 Å². The van der Waals surface area contributed by atoms with Gasteiger partial charge in [-0.25, -0.2) is 0 Å². The molecule has 1 fully saturated rings. The molecule has 0 saturated carbocycles. The Bertz CT molecular complexity index is 852. The second kappa shape index (κ2) is 7.84. The summed E-state index contributed by atoms with van der Waals surface area (Å²) >= 11 is 6.07. The van der Waals surface area contributed by atoms with Crippen LogP contribution in [-0.2, 0) is 17.8 Å². The number of benzene rings is 1. The van der Waals surface area contributed by atoms with Crippen LogP contribution in [-0.4, -0.2) is 28.0 Å². The van der Waals surface area contributed by atoms with E-state index in [9.17, 15) is 10.1 Å². The van der Waals surface area contributed by atoms with Crippen molar-refractivity contribution in [2.24, 2.45) is 0 Å². The minimum Gasteiger partial charge on any atom is -0.397 e. The number of carbonyl (C=O) groups is 1. The maximum Gasteiger partial charge on any atom is 0.242 e. The predicted molar refractivity (Wildman–Crippen MR) is 103 cm³/mol. The van der Waals surface area contributed by atoms with E-state index in [1.165, 1.54) is 0 Å². The van der Waals surface area contributed by atoms with E-state index in [0.717, 1.165) is 37.1 Å². The number of hydrogen-bond donors (Lipinski definition) is 1. The topological polar surface area (TPSA) is 75.0 Å². The molecule has 2 heterocycles. The molecule has 26 heavy (non-hydrogen) atoms. The van der Waals surface area contributed by atoms with Gasteiger partial charge in [0, 0.05) is 29.7 Å². The minimum absolute atomic E-state index is 0.0386. The zero-order valence-corrected chi connectivity index (χ0v) is 15.7. The van der Waals surface area contributed by atoms with Gasteiger partial charge in [-0.15, -0.1) is 0 Å². The zero-order valence-electron chi connectivity index (χ0n) is 14.9. The first kappa shape index (κ1) is 18.3. The molecule has 5 nitrogen and oxygen atoms in total. The van der Waals surface area contributed by atoms with E-state index >= 15 is 0 Å². The lowest BCUT2D eigenvalue weighted by atomic mass is 10.0. The van der Waals surface area contributed by atoms with Gasteiger partial charge in [-0.2, -0.15) is 5.26 Å². The second-order valence-corrected chi connectivity index (χ2v) is 7.30. The Morgan fingerprint density at radius 3 is 2.88 bits per heavy atom. The fourth-order valence-corrected chi connectivity index (χ4v) is 3.83. The largest absolute Gasteiger partial charge is 0.397 e. The van der Waals surface area contributed by atoms with Crippen molar-refractivity contribution in [1.82, 2.24) is 9.47 Å². The van der Waals surface area contributed by atoms with Gasteiger partial charge in [-0.3, -0.25) is 4.79 Å². The molecule has 0 radical (unpaired) electrons. The first-order valence-corrected chi connectivity index (χ1v) is 9.29. The quantitative estimate of drug-likeness (QED) is 0.893. The van der Waals surface area contributed by atoms with Crippen LogP contribution in [0.5, 0.6) is 0 Å². The average molecular weight is 371 g/mol. The smallest absolute Gasteiger partial charge is 0.242 e. The van der Waals surface area contributed by atoms with Crippen molar-refractivity contribution < 1.29 is 4.79 Å². The van der Waals surface area contributed by atoms with Crippen LogP contribution in [0.1, 0.15) is 43.1 Å². The van der Waals surface area contributed by atoms with Crippen LogP contribution in [0.25, 0.3) is 0 Å². The Hall–Kier alpha value is -2.45. The van der Waals surface area contributed by atoms with E-state index in [2.05, 4.69) is 13.0 Å². The van der Waals surface area contributed by atoms with E-state index in [1.807, 2.05) is 29.2 Å². The number of halogens is 1. The van der Waals surface area contributed by atoms with E-state index < -0.39 is 0 Å². The van der Waals surface area contributed by atoms with Crippen LogP contribution in [0.4, 0.5) is 5.69 Å². The van der Waals surface area contributed by atoms with Gasteiger partial charge < -0.3 is 15.2 Å². The molecular formula is C20H23ClN4O. The second-order valence-electron chi connectivity index (χ2n) is 6.87. The van der Waals surface area contributed by atoms with E-state index in [1.54, 1.807) is 10.6 Å². The molecule has 0 aliphatic carbocycles. The average Bonchev–Trinajstić information content (AvgIpc) is 2.91. The summed E-state index contributed by atoms with van der Waals surface area (Å²) in [5.74, 6) is 0.0386.